The molecule has 1 amide bonds. The molecule has 34 heavy (non-hydrogen) atoms. The monoisotopic (exact) mass is 501 g/mol. The van der Waals surface area contributed by atoms with E-state index in [-0.39, 0.29) is 11.9 Å². The Hall–Kier alpha value is -3.19. The Kier molecular flexibility index (Phi) is 6.37. The van der Waals surface area contributed by atoms with Crippen molar-refractivity contribution in [2.24, 2.45) is 0 Å². The fourth-order valence-corrected chi connectivity index (χ4v) is 5.41. The number of thiocarbonyl (C=S) groups is 1. The summed E-state index contributed by atoms with van der Waals surface area (Å²) >= 11 is 13.0. The molecular weight excluding hydrogens is 482 g/mol. The van der Waals surface area contributed by atoms with Gasteiger partial charge >= 0.3 is 0 Å². The number of aromatic nitrogens is 2. The van der Waals surface area contributed by atoms with Crippen molar-refractivity contribution in [3.8, 4) is 16.9 Å². The minimum atomic E-state index is -0.151. The number of hydrogen-bond donors (Lipinski definition) is 0. The number of benzene rings is 3. The maximum absolute atomic E-state index is 13.4. The SMILES string of the molecule is C[C@@H](c1ccccc1)N1C(=O)/C(=C/c2cn(-c3ccccc3)nc2-c2ccc(Cl)cc2)SC1=S. The quantitative estimate of drug-likeness (QED) is 0.215. The topological polar surface area (TPSA) is 38.1 Å². The average Bonchev–Trinajstić information content (AvgIpc) is 3.41. The van der Waals surface area contributed by atoms with E-state index in [0.717, 1.165) is 28.1 Å². The molecule has 7 heteroatoms. The number of thioether (sulfide) groups is 1. The largest absolute Gasteiger partial charge is 0.286 e. The summed E-state index contributed by atoms with van der Waals surface area (Å²) in [6.07, 6.45) is 3.82. The van der Waals surface area contributed by atoms with Crippen LogP contribution in [-0.4, -0.2) is 24.9 Å². The van der Waals surface area contributed by atoms with Crippen LogP contribution in [0.15, 0.2) is 96.0 Å². The summed E-state index contributed by atoms with van der Waals surface area (Å²) in [5, 5.41) is 5.49. The first-order chi connectivity index (χ1) is 16.5. The summed E-state index contributed by atoms with van der Waals surface area (Å²) in [6, 6.07) is 27.2. The second kappa shape index (κ2) is 9.58. The summed E-state index contributed by atoms with van der Waals surface area (Å²) in [4.78, 5) is 15.7. The zero-order valence-electron chi connectivity index (χ0n) is 18.3. The van der Waals surface area contributed by atoms with Crippen molar-refractivity contribution >= 4 is 51.9 Å². The van der Waals surface area contributed by atoms with E-state index >= 15 is 0 Å². The smallest absolute Gasteiger partial charge is 0.266 e. The molecule has 4 aromatic rings. The van der Waals surface area contributed by atoms with Gasteiger partial charge in [0, 0.05) is 22.3 Å². The highest BCUT2D eigenvalue weighted by atomic mass is 35.5. The molecule has 2 heterocycles. The Morgan fingerprint density at radius 3 is 2.29 bits per heavy atom. The van der Waals surface area contributed by atoms with E-state index in [1.165, 1.54) is 11.8 Å². The van der Waals surface area contributed by atoms with Crippen LogP contribution in [0.25, 0.3) is 23.0 Å². The van der Waals surface area contributed by atoms with Crippen molar-refractivity contribution < 1.29 is 4.79 Å². The predicted octanol–water partition coefficient (Wildman–Crippen LogP) is 7.16. The van der Waals surface area contributed by atoms with Gasteiger partial charge in [-0.3, -0.25) is 9.69 Å². The highest BCUT2D eigenvalue weighted by molar-refractivity contribution is 8.26. The molecule has 1 aliphatic heterocycles. The molecule has 168 valence electrons. The molecule has 1 fully saturated rings. The molecule has 0 radical (unpaired) electrons. The third kappa shape index (κ3) is 4.44. The van der Waals surface area contributed by atoms with Crippen molar-refractivity contribution in [1.82, 2.24) is 14.7 Å². The Morgan fingerprint density at radius 1 is 0.971 bits per heavy atom. The van der Waals surface area contributed by atoms with Crippen LogP contribution in [0.5, 0.6) is 0 Å². The van der Waals surface area contributed by atoms with Gasteiger partial charge in [0.25, 0.3) is 5.91 Å². The zero-order valence-corrected chi connectivity index (χ0v) is 20.6. The number of para-hydroxylation sites is 1. The van der Waals surface area contributed by atoms with Crippen LogP contribution in [0.3, 0.4) is 0 Å². The maximum atomic E-state index is 13.4. The number of halogens is 1. The lowest BCUT2D eigenvalue weighted by molar-refractivity contribution is -0.123. The van der Waals surface area contributed by atoms with Crippen LogP contribution < -0.4 is 0 Å². The molecule has 0 aliphatic carbocycles. The summed E-state index contributed by atoms with van der Waals surface area (Å²) in [5.41, 5.74) is 4.49. The van der Waals surface area contributed by atoms with Crippen LogP contribution in [0.4, 0.5) is 0 Å². The lowest BCUT2D eigenvalue weighted by Crippen LogP contribution is -2.30. The first-order valence-electron chi connectivity index (χ1n) is 10.7. The van der Waals surface area contributed by atoms with Gasteiger partial charge in [0.2, 0.25) is 0 Å². The van der Waals surface area contributed by atoms with Crippen molar-refractivity contribution in [1.29, 1.82) is 0 Å². The van der Waals surface area contributed by atoms with Crippen LogP contribution >= 0.6 is 35.6 Å². The number of amides is 1. The Labute approximate surface area is 212 Å². The van der Waals surface area contributed by atoms with E-state index in [4.69, 9.17) is 28.9 Å². The molecule has 1 atom stereocenters. The molecule has 3 aromatic carbocycles. The molecule has 0 bridgehead atoms. The molecular formula is C27H20ClN3OS2. The summed E-state index contributed by atoms with van der Waals surface area (Å²) in [5.74, 6) is -0.0964. The van der Waals surface area contributed by atoms with Crippen molar-refractivity contribution in [3.63, 3.8) is 0 Å². The van der Waals surface area contributed by atoms with Gasteiger partial charge in [-0.25, -0.2) is 4.68 Å². The van der Waals surface area contributed by atoms with Gasteiger partial charge in [0.15, 0.2) is 0 Å². The molecule has 1 aromatic heterocycles. The average molecular weight is 502 g/mol. The van der Waals surface area contributed by atoms with Crippen LogP contribution in [0.2, 0.25) is 5.02 Å². The lowest BCUT2D eigenvalue weighted by atomic mass is 10.1. The molecule has 1 aliphatic rings. The number of hydrogen-bond acceptors (Lipinski definition) is 4. The van der Waals surface area contributed by atoms with Gasteiger partial charge < -0.3 is 0 Å². The maximum Gasteiger partial charge on any atom is 0.266 e. The second-order valence-electron chi connectivity index (χ2n) is 7.86. The molecule has 0 saturated carbocycles. The minimum Gasteiger partial charge on any atom is -0.286 e. The first-order valence-corrected chi connectivity index (χ1v) is 12.3. The Bertz CT molecular complexity index is 1380. The van der Waals surface area contributed by atoms with Gasteiger partial charge in [-0.15, -0.1) is 0 Å². The fraction of sp³-hybridized carbons (Fsp3) is 0.0741. The number of nitrogens with zero attached hydrogens (tertiary/aromatic N) is 3. The molecule has 0 N–H and O–H groups in total. The third-order valence-corrected chi connectivity index (χ3v) is 7.24. The Balaban J connectivity index is 1.54. The van der Waals surface area contributed by atoms with E-state index in [0.29, 0.717) is 14.2 Å². The van der Waals surface area contributed by atoms with E-state index in [1.54, 1.807) is 4.90 Å². The minimum absolute atomic E-state index is 0.0964. The van der Waals surface area contributed by atoms with Gasteiger partial charge in [-0.1, -0.05) is 96.2 Å². The van der Waals surface area contributed by atoms with Gasteiger partial charge in [0.05, 0.1) is 22.3 Å². The van der Waals surface area contributed by atoms with E-state index in [1.807, 2.05) is 109 Å². The third-order valence-electron chi connectivity index (χ3n) is 5.66. The molecule has 4 nitrogen and oxygen atoms in total. The number of carbonyl (C=O) groups excluding carboxylic acids is 1. The van der Waals surface area contributed by atoms with Gasteiger partial charge in [-0.2, -0.15) is 5.10 Å². The van der Waals surface area contributed by atoms with Gasteiger partial charge in [-0.05, 0) is 42.8 Å². The summed E-state index contributed by atoms with van der Waals surface area (Å²) in [7, 11) is 0. The lowest BCUT2D eigenvalue weighted by Gasteiger charge is -2.23. The van der Waals surface area contributed by atoms with Crippen molar-refractivity contribution in [2.45, 2.75) is 13.0 Å². The molecule has 0 unspecified atom stereocenters. The fourth-order valence-electron chi connectivity index (χ4n) is 3.87. The highest BCUT2D eigenvalue weighted by Gasteiger charge is 2.36. The first kappa shape index (κ1) is 22.6. The van der Waals surface area contributed by atoms with Crippen molar-refractivity contribution in [3.05, 3.63) is 112 Å². The van der Waals surface area contributed by atoms with Crippen LogP contribution in [0.1, 0.15) is 24.1 Å². The van der Waals surface area contributed by atoms with E-state index < -0.39 is 0 Å². The van der Waals surface area contributed by atoms with E-state index in [2.05, 4.69) is 0 Å². The van der Waals surface area contributed by atoms with Gasteiger partial charge in [0.1, 0.15) is 4.32 Å². The highest BCUT2D eigenvalue weighted by Crippen LogP contribution is 2.39. The Morgan fingerprint density at radius 2 is 1.62 bits per heavy atom. The number of carbonyl (C=O) groups is 1. The van der Waals surface area contributed by atoms with Crippen LogP contribution in [0, 0.1) is 0 Å². The second-order valence-corrected chi connectivity index (χ2v) is 9.97. The molecule has 1 saturated heterocycles. The van der Waals surface area contributed by atoms with E-state index in [9.17, 15) is 4.79 Å². The number of rotatable bonds is 5. The zero-order chi connectivity index (χ0) is 23.7. The van der Waals surface area contributed by atoms with Crippen molar-refractivity contribution in [2.75, 3.05) is 0 Å². The normalized spacial score (nSPS) is 15.8. The predicted molar refractivity (Wildman–Crippen MR) is 144 cm³/mol. The molecule has 0 spiro atoms. The van der Waals surface area contributed by atoms with Crippen LogP contribution in [-0.2, 0) is 4.79 Å². The summed E-state index contributed by atoms with van der Waals surface area (Å²) in [6.45, 7) is 2.00. The summed E-state index contributed by atoms with van der Waals surface area (Å²) < 4.78 is 2.37. The molecule has 5 rings (SSSR count). The standard InChI is InChI=1S/C27H20ClN3OS2/c1-18(19-8-4-2-5-9-19)31-26(32)24(34-27(31)33)16-21-17-30(23-10-6-3-7-11-23)29-25(21)20-12-14-22(28)15-13-20/h2-18H,1H3/b24-16-/t18-/m0/s1.